The van der Waals surface area contributed by atoms with Gasteiger partial charge in [0.15, 0.2) is 6.61 Å². The van der Waals surface area contributed by atoms with Gasteiger partial charge in [0.2, 0.25) is 0 Å². The second-order valence-electron chi connectivity index (χ2n) is 3.06. The van der Waals surface area contributed by atoms with Gasteiger partial charge in [-0.25, -0.2) is 0 Å². The van der Waals surface area contributed by atoms with Gasteiger partial charge in [-0.05, 0) is 26.0 Å². The normalized spacial score (nSPS) is 8.75. The van der Waals surface area contributed by atoms with Crippen LogP contribution in [0.15, 0.2) is 24.3 Å². The number of amides is 1. The van der Waals surface area contributed by atoms with Crippen molar-refractivity contribution >= 4 is 5.91 Å². The summed E-state index contributed by atoms with van der Waals surface area (Å²) in [5.41, 5.74) is 1.18. The van der Waals surface area contributed by atoms with Crippen molar-refractivity contribution < 1.29 is 9.53 Å². The summed E-state index contributed by atoms with van der Waals surface area (Å²) in [6.45, 7) is 8.60. The van der Waals surface area contributed by atoms with Crippen molar-refractivity contribution in [2.24, 2.45) is 0 Å². The zero-order valence-corrected chi connectivity index (χ0v) is 10.5. The summed E-state index contributed by atoms with van der Waals surface area (Å²) >= 11 is 0. The van der Waals surface area contributed by atoms with Gasteiger partial charge < -0.3 is 10.1 Å². The molecule has 0 saturated carbocycles. The van der Waals surface area contributed by atoms with Crippen LogP contribution in [0.5, 0.6) is 5.75 Å². The zero-order chi connectivity index (χ0) is 12.4. The Hall–Kier alpha value is -1.51. The first-order valence-corrected chi connectivity index (χ1v) is 5.68. The molecule has 3 nitrogen and oxygen atoms in total. The summed E-state index contributed by atoms with van der Waals surface area (Å²) in [4.78, 5) is 11.0. The molecule has 0 heterocycles. The predicted octanol–water partition coefficient (Wildman–Crippen LogP) is 2.54. The van der Waals surface area contributed by atoms with E-state index < -0.39 is 0 Å². The van der Waals surface area contributed by atoms with Crippen LogP contribution in [0.1, 0.15) is 26.3 Å². The molecule has 3 heteroatoms. The maximum Gasteiger partial charge on any atom is 0.257 e. The highest BCUT2D eigenvalue weighted by molar-refractivity contribution is 5.77. The smallest absolute Gasteiger partial charge is 0.257 e. The molecule has 0 saturated heterocycles. The molecule has 1 N–H and O–H groups in total. The first-order chi connectivity index (χ1) is 7.72. The van der Waals surface area contributed by atoms with E-state index in [0.717, 1.165) is 5.75 Å². The van der Waals surface area contributed by atoms with E-state index in [-0.39, 0.29) is 12.5 Å². The molecule has 0 aliphatic heterocycles. The summed E-state index contributed by atoms with van der Waals surface area (Å²) in [6.07, 6.45) is 0. The number of rotatable bonds is 4. The SMILES string of the molecule is CC.CCNC(=O)COc1ccc(C)cc1. The van der Waals surface area contributed by atoms with Gasteiger partial charge in [0.05, 0.1) is 0 Å². The zero-order valence-electron chi connectivity index (χ0n) is 10.5. The first kappa shape index (κ1) is 14.5. The van der Waals surface area contributed by atoms with Crippen molar-refractivity contribution in [3.63, 3.8) is 0 Å². The molecule has 0 radical (unpaired) electrons. The molecular formula is C13H21NO2. The number of nitrogens with one attached hydrogen (secondary N) is 1. The Morgan fingerprint density at radius 3 is 2.31 bits per heavy atom. The molecule has 90 valence electrons. The molecule has 0 aliphatic rings. The maximum absolute atomic E-state index is 11.0. The van der Waals surface area contributed by atoms with Crippen LogP contribution >= 0.6 is 0 Å². The van der Waals surface area contributed by atoms with Gasteiger partial charge >= 0.3 is 0 Å². The van der Waals surface area contributed by atoms with E-state index in [1.54, 1.807) is 0 Å². The Morgan fingerprint density at radius 1 is 1.25 bits per heavy atom. The third-order valence-corrected chi connectivity index (χ3v) is 1.76. The minimum atomic E-state index is -0.0897. The van der Waals surface area contributed by atoms with E-state index in [1.807, 2.05) is 52.0 Å². The lowest BCUT2D eigenvalue weighted by Gasteiger charge is -2.05. The summed E-state index contributed by atoms with van der Waals surface area (Å²) in [5.74, 6) is 0.634. The van der Waals surface area contributed by atoms with E-state index in [1.165, 1.54) is 5.56 Å². The van der Waals surface area contributed by atoms with Crippen LogP contribution in [0.3, 0.4) is 0 Å². The van der Waals surface area contributed by atoms with Gasteiger partial charge in [0, 0.05) is 6.54 Å². The molecule has 0 unspecified atom stereocenters. The third-order valence-electron chi connectivity index (χ3n) is 1.76. The van der Waals surface area contributed by atoms with E-state index in [9.17, 15) is 4.79 Å². The minimum absolute atomic E-state index is 0.0803. The topological polar surface area (TPSA) is 38.3 Å². The second kappa shape index (κ2) is 8.77. The molecule has 0 fully saturated rings. The van der Waals surface area contributed by atoms with Crippen LogP contribution in [0, 0.1) is 6.92 Å². The lowest BCUT2D eigenvalue weighted by molar-refractivity contribution is -0.122. The second-order valence-corrected chi connectivity index (χ2v) is 3.06. The maximum atomic E-state index is 11.0. The van der Waals surface area contributed by atoms with Crippen LogP contribution in [-0.4, -0.2) is 19.1 Å². The van der Waals surface area contributed by atoms with Crippen molar-refractivity contribution in [1.82, 2.24) is 5.32 Å². The average Bonchev–Trinajstić information content (AvgIpc) is 2.31. The van der Waals surface area contributed by atoms with Crippen molar-refractivity contribution in [1.29, 1.82) is 0 Å². The fourth-order valence-electron chi connectivity index (χ4n) is 1.03. The van der Waals surface area contributed by atoms with Crippen molar-refractivity contribution in [2.75, 3.05) is 13.2 Å². The lowest BCUT2D eigenvalue weighted by atomic mass is 10.2. The predicted molar refractivity (Wildman–Crippen MR) is 66.7 cm³/mol. The van der Waals surface area contributed by atoms with Crippen molar-refractivity contribution in [3.8, 4) is 5.75 Å². The number of aryl methyl sites for hydroxylation is 1. The Bertz CT molecular complexity index is 293. The first-order valence-electron chi connectivity index (χ1n) is 5.68. The largest absolute Gasteiger partial charge is 0.484 e. The summed E-state index contributed by atoms with van der Waals surface area (Å²) < 4.78 is 5.26. The average molecular weight is 223 g/mol. The molecule has 0 aliphatic carbocycles. The molecule has 1 rings (SSSR count). The fraction of sp³-hybridized carbons (Fsp3) is 0.462. The molecule has 1 aromatic rings. The van der Waals surface area contributed by atoms with E-state index >= 15 is 0 Å². The van der Waals surface area contributed by atoms with Gasteiger partial charge in [-0.2, -0.15) is 0 Å². The highest BCUT2D eigenvalue weighted by Crippen LogP contribution is 2.10. The Kier molecular flexibility index (Phi) is 7.94. The monoisotopic (exact) mass is 223 g/mol. The molecular weight excluding hydrogens is 202 g/mol. The standard InChI is InChI=1S/C11H15NO2.C2H6/c1-3-12-11(13)8-14-10-6-4-9(2)5-7-10;1-2/h4-7H,3,8H2,1-2H3,(H,12,13);1-2H3. The summed E-state index contributed by atoms with van der Waals surface area (Å²) in [5, 5.41) is 2.66. The Labute approximate surface area is 97.8 Å². The van der Waals surface area contributed by atoms with Crippen LogP contribution in [0.2, 0.25) is 0 Å². The van der Waals surface area contributed by atoms with E-state index in [0.29, 0.717) is 6.54 Å². The van der Waals surface area contributed by atoms with Crippen molar-refractivity contribution in [2.45, 2.75) is 27.7 Å². The van der Waals surface area contributed by atoms with Crippen molar-refractivity contribution in [3.05, 3.63) is 29.8 Å². The van der Waals surface area contributed by atoms with Gasteiger partial charge in [0.25, 0.3) is 5.91 Å². The van der Waals surface area contributed by atoms with Gasteiger partial charge in [-0.1, -0.05) is 31.5 Å². The third kappa shape index (κ3) is 6.06. The number of ether oxygens (including phenoxy) is 1. The fourth-order valence-corrected chi connectivity index (χ4v) is 1.03. The van der Waals surface area contributed by atoms with Gasteiger partial charge in [-0.3, -0.25) is 4.79 Å². The highest BCUT2D eigenvalue weighted by atomic mass is 16.5. The Balaban J connectivity index is 0.00000106. The molecule has 0 spiro atoms. The highest BCUT2D eigenvalue weighted by Gasteiger charge is 1.99. The van der Waals surface area contributed by atoms with Gasteiger partial charge in [0.1, 0.15) is 5.75 Å². The molecule has 1 amide bonds. The Morgan fingerprint density at radius 2 is 1.81 bits per heavy atom. The number of carbonyl (C=O) groups excluding carboxylic acids is 1. The number of hydrogen-bond acceptors (Lipinski definition) is 2. The molecule has 16 heavy (non-hydrogen) atoms. The molecule has 0 atom stereocenters. The summed E-state index contributed by atoms with van der Waals surface area (Å²) in [7, 11) is 0. The quantitative estimate of drug-likeness (QED) is 0.851. The molecule has 1 aromatic carbocycles. The van der Waals surface area contributed by atoms with Gasteiger partial charge in [-0.15, -0.1) is 0 Å². The van der Waals surface area contributed by atoms with Crippen LogP contribution in [0.25, 0.3) is 0 Å². The summed E-state index contributed by atoms with van der Waals surface area (Å²) in [6, 6.07) is 7.61. The number of hydrogen-bond donors (Lipinski definition) is 1. The number of benzene rings is 1. The lowest BCUT2D eigenvalue weighted by Crippen LogP contribution is -2.28. The van der Waals surface area contributed by atoms with Crippen LogP contribution in [-0.2, 0) is 4.79 Å². The van der Waals surface area contributed by atoms with Crippen LogP contribution < -0.4 is 10.1 Å². The van der Waals surface area contributed by atoms with Crippen LogP contribution in [0.4, 0.5) is 0 Å². The molecule has 0 bridgehead atoms. The minimum Gasteiger partial charge on any atom is -0.484 e. The molecule has 0 aromatic heterocycles. The van der Waals surface area contributed by atoms with E-state index in [4.69, 9.17) is 4.74 Å². The van der Waals surface area contributed by atoms with E-state index in [2.05, 4.69) is 5.32 Å². The number of carbonyl (C=O) groups is 1. The number of likely N-dealkylation sites (N-methyl/N-ethyl adjacent to an activating group) is 1.